The van der Waals surface area contributed by atoms with Crippen LogP contribution >= 0.6 is 0 Å². The molecule has 1 aliphatic heterocycles. The molecule has 1 heterocycles. The van der Waals surface area contributed by atoms with E-state index in [0.717, 1.165) is 11.3 Å². The van der Waals surface area contributed by atoms with E-state index >= 15 is 0 Å². The molecule has 0 aliphatic carbocycles. The van der Waals surface area contributed by atoms with Crippen molar-refractivity contribution in [3.05, 3.63) is 29.8 Å². The third-order valence-electron chi connectivity index (χ3n) is 3.52. The average molecular weight is 289 g/mol. The zero-order valence-electron chi connectivity index (χ0n) is 12.1. The summed E-state index contributed by atoms with van der Waals surface area (Å²) in [6.07, 6.45) is 0.622. The highest BCUT2D eigenvalue weighted by molar-refractivity contribution is 5.99. The Bertz CT molecular complexity index is 571. The van der Waals surface area contributed by atoms with Gasteiger partial charge in [0.15, 0.2) is 0 Å². The van der Waals surface area contributed by atoms with Gasteiger partial charge in [-0.15, -0.1) is 0 Å². The zero-order chi connectivity index (χ0) is 15.4. The van der Waals surface area contributed by atoms with Gasteiger partial charge in [0.2, 0.25) is 11.8 Å². The topological polar surface area (TPSA) is 87.3 Å². The van der Waals surface area contributed by atoms with Crippen molar-refractivity contribution in [2.45, 2.75) is 32.7 Å². The van der Waals surface area contributed by atoms with E-state index in [4.69, 9.17) is 0 Å². The minimum absolute atomic E-state index is 0.141. The van der Waals surface area contributed by atoms with Gasteiger partial charge in [-0.1, -0.05) is 12.1 Å². The molecule has 1 fully saturated rings. The Hall–Kier alpha value is -2.37. The molecule has 0 saturated carbocycles. The second-order valence-corrected chi connectivity index (χ2v) is 5.31. The number of hydrogen-bond acceptors (Lipinski definition) is 3. The van der Waals surface area contributed by atoms with Gasteiger partial charge in [0.1, 0.15) is 0 Å². The summed E-state index contributed by atoms with van der Waals surface area (Å²) in [5, 5.41) is 7.66. The zero-order valence-corrected chi connectivity index (χ0v) is 12.1. The molecular formula is C15H19N3O3. The first kappa shape index (κ1) is 15.0. The first-order valence-electron chi connectivity index (χ1n) is 6.93. The van der Waals surface area contributed by atoms with Crippen molar-refractivity contribution in [2.24, 2.45) is 5.92 Å². The van der Waals surface area contributed by atoms with E-state index in [1.54, 1.807) is 6.92 Å². The molecular weight excluding hydrogens is 270 g/mol. The van der Waals surface area contributed by atoms with E-state index in [-0.39, 0.29) is 30.2 Å². The Morgan fingerprint density at radius 1 is 1.33 bits per heavy atom. The molecule has 2 unspecified atom stereocenters. The number of imide groups is 1. The van der Waals surface area contributed by atoms with Crippen molar-refractivity contribution in [2.75, 3.05) is 5.32 Å². The van der Waals surface area contributed by atoms with E-state index in [9.17, 15) is 14.4 Å². The number of hydrogen-bond donors (Lipinski definition) is 3. The smallest absolute Gasteiger partial charge is 0.321 e. The summed E-state index contributed by atoms with van der Waals surface area (Å²) < 4.78 is 0. The fraction of sp³-hybridized carbons (Fsp3) is 0.400. The minimum Gasteiger partial charge on any atom is -0.335 e. The van der Waals surface area contributed by atoms with Crippen LogP contribution in [0.25, 0.3) is 0 Å². The van der Waals surface area contributed by atoms with Crippen molar-refractivity contribution in [1.82, 2.24) is 10.6 Å². The summed E-state index contributed by atoms with van der Waals surface area (Å²) >= 11 is 0. The van der Waals surface area contributed by atoms with Crippen LogP contribution in [-0.2, 0) is 9.59 Å². The lowest BCUT2D eigenvalue weighted by Gasteiger charge is -2.28. The Morgan fingerprint density at radius 3 is 2.76 bits per heavy atom. The van der Waals surface area contributed by atoms with Crippen molar-refractivity contribution >= 4 is 23.5 Å². The third kappa shape index (κ3) is 4.05. The molecule has 2 rings (SSSR count). The Labute approximate surface area is 123 Å². The molecule has 1 saturated heterocycles. The van der Waals surface area contributed by atoms with Crippen LogP contribution in [0.15, 0.2) is 24.3 Å². The highest BCUT2D eigenvalue weighted by atomic mass is 16.2. The minimum atomic E-state index is -0.479. The fourth-order valence-corrected chi connectivity index (χ4v) is 2.39. The number of urea groups is 1. The number of anilines is 1. The van der Waals surface area contributed by atoms with Crippen LogP contribution in [0.2, 0.25) is 0 Å². The van der Waals surface area contributed by atoms with Crippen LogP contribution in [0.5, 0.6) is 0 Å². The van der Waals surface area contributed by atoms with Crippen molar-refractivity contribution < 1.29 is 14.4 Å². The highest BCUT2D eigenvalue weighted by Gasteiger charge is 2.32. The highest BCUT2D eigenvalue weighted by Crippen LogP contribution is 2.16. The predicted octanol–water partition coefficient (Wildman–Crippen LogP) is 1.56. The lowest BCUT2D eigenvalue weighted by molar-refractivity contribution is -0.126. The van der Waals surface area contributed by atoms with Gasteiger partial charge < -0.3 is 10.6 Å². The first-order chi connectivity index (χ1) is 9.95. The monoisotopic (exact) mass is 289 g/mol. The van der Waals surface area contributed by atoms with Gasteiger partial charge in [-0.05, 0) is 38.0 Å². The number of carbonyl (C=O) groups excluding carboxylic acids is 3. The maximum absolute atomic E-state index is 11.9. The quantitative estimate of drug-likeness (QED) is 0.786. The molecule has 0 radical (unpaired) electrons. The summed E-state index contributed by atoms with van der Waals surface area (Å²) in [6, 6.07) is 6.78. The van der Waals surface area contributed by atoms with Crippen LogP contribution in [0, 0.1) is 12.8 Å². The van der Waals surface area contributed by atoms with Gasteiger partial charge in [-0.25, -0.2) is 4.79 Å². The van der Waals surface area contributed by atoms with Gasteiger partial charge in [-0.2, -0.15) is 0 Å². The summed E-state index contributed by atoms with van der Waals surface area (Å²) in [7, 11) is 0. The molecule has 1 aromatic rings. The van der Waals surface area contributed by atoms with Crippen molar-refractivity contribution in [3.8, 4) is 0 Å². The molecule has 0 aromatic heterocycles. The van der Waals surface area contributed by atoms with E-state index in [1.165, 1.54) is 0 Å². The molecule has 6 nitrogen and oxygen atoms in total. The molecule has 3 N–H and O–H groups in total. The van der Waals surface area contributed by atoms with E-state index in [2.05, 4.69) is 16.0 Å². The van der Waals surface area contributed by atoms with E-state index in [1.807, 2.05) is 31.2 Å². The summed E-state index contributed by atoms with van der Waals surface area (Å²) in [6.45, 7) is 3.71. The number of rotatable bonds is 4. The molecule has 0 bridgehead atoms. The van der Waals surface area contributed by atoms with Gasteiger partial charge in [0.05, 0.1) is 5.92 Å². The number of carbonyl (C=O) groups is 3. The number of benzene rings is 1. The molecule has 21 heavy (non-hydrogen) atoms. The maximum atomic E-state index is 11.9. The fourth-order valence-electron chi connectivity index (χ4n) is 2.39. The standard InChI is InChI=1S/C15H19N3O3/c1-9-4-3-5-11(8-9)17-13(19)7-6-12-10(2)16-15(21)18-14(12)20/h3-5,8,10,12H,6-7H2,1-2H3,(H,17,19)(H2,16,18,20,21). The van der Waals surface area contributed by atoms with Crippen molar-refractivity contribution in [1.29, 1.82) is 0 Å². The number of nitrogens with one attached hydrogen (secondary N) is 3. The van der Waals surface area contributed by atoms with Gasteiger partial charge in [0, 0.05) is 18.2 Å². The largest absolute Gasteiger partial charge is 0.335 e. The predicted molar refractivity (Wildman–Crippen MR) is 78.7 cm³/mol. The summed E-state index contributed by atoms with van der Waals surface area (Å²) in [4.78, 5) is 34.8. The normalized spacial score (nSPS) is 21.4. The summed E-state index contributed by atoms with van der Waals surface area (Å²) in [5.41, 5.74) is 1.81. The molecule has 112 valence electrons. The molecule has 1 aromatic carbocycles. The maximum Gasteiger partial charge on any atom is 0.321 e. The van der Waals surface area contributed by atoms with Gasteiger partial charge in [0.25, 0.3) is 0 Å². The molecule has 0 spiro atoms. The molecule has 2 atom stereocenters. The molecule has 6 heteroatoms. The number of aryl methyl sites for hydroxylation is 1. The molecule has 1 aliphatic rings. The van der Waals surface area contributed by atoms with Crippen LogP contribution in [0.4, 0.5) is 10.5 Å². The lowest BCUT2D eigenvalue weighted by atomic mass is 9.93. The lowest BCUT2D eigenvalue weighted by Crippen LogP contribution is -2.57. The average Bonchev–Trinajstić information content (AvgIpc) is 2.37. The second kappa shape index (κ2) is 6.39. The van der Waals surface area contributed by atoms with Gasteiger partial charge in [-0.3, -0.25) is 14.9 Å². The van der Waals surface area contributed by atoms with Gasteiger partial charge >= 0.3 is 6.03 Å². The Balaban J connectivity index is 1.86. The van der Waals surface area contributed by atoms with Crippen LogP contribution < -0.4 is 16.0 Å². The molecule has 4 amide bonds. The van der Waals surface area contributed by atoms with Crippen LogP contribution in [0.1, 0.15) is 25.3 Å². The van der Waals surface area contributed by atoms with Crippen LogP contribution in [0.3, 0.4) is 0 Å². The SMILES string of the molecule is Cc1cccc(NC(=O)CCC2C(=O)NC(=O)NC2C)c1. The Morgan fingerprint density at radius 2 is 2.10 bits per heavy atom. The van der Waals surface area contributed by atoms with Crippen LogP contribution in [-0.4, -0.2) is 23.9 Å². The first-order valence-corrected chi connectivity index (χ1v) is 6.93. The Kier molecular flexibility index (Phi) is 4.57. The van der Waals surface area contributed by atoms with E-state index < -0.39 is 6.03 Å². The second-order valence-electron chi connectivity index (χ2n) is 5.31. The van der Waals surface area contributed by atoms with E-state index in [0.29, 0.717) is 6.42 Å². The number of amides is 4. The van der Waals surface area contributed by atoms with Crippen molar-refractivity contribution in [3.63, 3.8) is 0 Å². The third-order valence-corrected chi connectivity index (χ3v) is 3.52. The summed E-state index contributed by atoms with van der Waals surface area (Å²) in [5.74, 6) is -0.849.